The molecule has 0 aromatic heterocycles. The molecule has 8 saturated carbocycles. The molecule has 0 spiro atoms. The predicted molar refractivity (Wildman–Crippen MR) is 210 cm³/mol. The third-order valence-corrected chi connectivity index (χ3v) is 16.4. The molecule has 11 nitrogen and oxygen atoms in total. The fourth-order valence-corrected chi connectivity index (χ4v) is 12.7. The standard InChI is InChI=1S/C17H28O3.C16H26O3.C13H18O5/c1-4-15(2,3)14(19)20-17-8-12-5-13(9-17)7-16(6-12,10-17)11-18;1-4-14(2,3)13(17)19-16-8-11-5-12(9-16)7-15(18,6-11)10-16;1-4-13(2,3)12(15)18-9-7-5-6-8(16-7)10(9)17-11(6)14/h12-13,18H,4-11H2,1-3H3;11-12,18H,4-10H2,1-3H3;6-10H,4-5H2,1-3H3. The van der Waals surface area contributed by atoms with Crippen LogP contribution in [0.5, 0.6) is 0 Å². The van der Waals surface area contributed by atoms with E-state index in [0.29, 0.717) is 42.9 Å². The van der Waals surface area contributed by atoms with Crippen LogP contribution in [0, 0.1) is 51.2 Å². The van der Waals surface area contributed by atoms with Crippen LogP contribution < -0.4 is 0 Å². The summed E-state index contributed by atoms with van der Waals surface area (Å²) in [5.41, 5.74) is -2.45. The fraction of sp³-hybridized carbons (Fsp3) is 0.913. The van der Waals surface area contributed by atoms with E-state index >= 15 is 0 Å². The Balaban J connectivity index is 0.000000131. The molecular formula is C46H72O11. The Morgan fingerprint density at radius 1 is 0.667 bits per heavy atom. The molecule has 0 aromatic carbocycles. The van der Waals surface area contributed by atoms with Gasteiger partial charge in [-0.2, -0.15) is 0 Å². The summed E-state index contributed by atoms with van der Waals surface area (Å²) in [5, 5.41) is 20.5. The largest absolute Gasteiger partial charge is 0.459 e. The lowest BCUT2D eigenvalue weighted by Crippen LogP contribution is -2.61. The molecule has 322 valence electrons. The molecule has 3 aliphatic heterocycles. The minimum Gasteiger partial charge on any atom is -0.459 e. The van der Waals surface area contributed by atoms with Crippen molar-refractivity contribution < 1.29 is 53.1 Å². The Hall–Kier alpha value is -2.24. The van der Waals surface area contributed by atoms with Crippen LogP contribution >= 0.6 is 0 Å². The van der Waals surface area contributed by atoms with Gasteiger partial charge in [-0.3, -0.25) is 19.2 Å². The van der Waals surface area contributed by atoms with E-state index in [0.717, 1.165) is 70.6 Å². The minimum absolute atomic E-state index is 0.0424. The maximum absolute atomic E-state index is 12.5. The van der Waals surface area contributed by atoms with Crippen LogP contribution in [-0.4, -0.2) is 81.9 Å². The summed E-state index contributed by atoms with van der Waals surface area (Å²) in [6.07, 6.45) is 13.9. The number of hydrogen-bond acceptors (Lipinski definition) is 11. The zero-order valence-corrected chi connectivity index (χ0v) is 36.3. The third-order valence-electron chi connectivity index (χ3n) is 16.4. The van der Waals surface area contributed by atoms with Crippen molar-refractivity contribution in [1.29, 1.82) is 0 Å². The first kappa shape index (κ1) is 42.9. The van der Waals surface area contributed by atoms with Crippen LogP contribution in [0.15, 0.2) is 0 Å². The highest BCUT2D eigenvalue weighted by Crippen LogP contribution is 2.63. The van der Waals surface area contributed by atoms with Gasteiger partial charge in [-0.25, -0.2) is 0 Å². The van der Waals surface area contributed by atoms with E-state index in [1.54, 1.807) is 0 Å². The predicted octanol–water partition coefficient (Wildman–Crippen LogP) is 7.39. The van der Waals surface area contributed by atoms with E-state index in [4.69, 9.17) is 23.7 Å². The summed E-state index contributed by atoms with van der Waals surface area (Å²) in [7, 11) is 0. The van der Waals surface area contributed by atoms with E-state index in [9.17, 15) is 29.4 Å². The first-order chi connectivity index (χ1) is 26.5. The molecule has 11 rings (SSSR count). The number of ether oxygens (including phenoxy) is 5. The van der Waals surface area contributed by atoms with Crippen molar-refractivity contribution in [3.8, 4) is 0 Å². The Morgan fingerprint density at radius 2 is 1.12 bits per heavy atom. The first-order valence-electron chi connectivity index (χ1n) is 22.4. The average Bonchev–Trinajstić information content (AvgIpc) is 3.76. The molecule has 0 radical (unpaired) electrons. The molecule has 57 heavy (non-hydrogen) atoms. The molecule has 11 fully saturated rings. The summed E-state index contributed by atoms with van der Waals surface area (Å²) in [4.78, 5) is 48.5. The van der Waals surface area contributed by atoms with Crippen LogP contribution in [0.1, 0.15) is 165 Å². The van der Waals surface area contributed by atoms with E-state index in [2.05, 4.69) is 0 Å². The molecule has 8 aliphatic carbocycles. The third kappa shape index (κ3) is 8.05. The summed E-state index contributed by atoms with van der Waals surface area (Å²) in [6.45, 7) is 17.8. The Kier molecular flexibility index (Phi) is 11.1. The molecule has 3 heterocycles. The summed E-state index contributed by atoms with van der Waals surface area (Å²) >= 11 is 0. The maximum Gasteiger partial charge on any atom is 0.312 e. The number of aliphatic hydroxyl groups excluding tert-OH is 1. The molecular weight excluding hydrogens is 728 g/mol. The fourth-order valence-electron chi connectivity index (χ4n) is 12.7. The molecule has 0 amide bonds. The minimum atomic E-state index is -0.555. The second-order valence-electron chi connectivity index (χ2n) is 22.4. The number of fused-ring (bicyclic) bond motifs is 1. The number of carbonyl (C=O) groups is 4. The lowest BCUT2D eigenvalue weighted by Gasteiger charge is -2.61. The van der Waals surface area contributed by atoms with Crippen LogP contribution in [0.25, 0.3) is 0 Å². The molecule has 9 unspecified atom stereocenters. The molecule has 11 heteroatoms. The van der Waals surface area contributed by atoms with Crippen molar-refractivity contribution in [2.75, 3.05) is 6.61 Å². The highest BCUT2D eigenvalue weighted by Gasteiger charge is 2.66. The van der Waals surface area contributed by atoms with E-state index in [1.165, 1.54) is 12.8 Å². The zero-order chi connectivity index (χ0) is 41.6. The van der Waals surface area contributed by atoms with Crippen LogP contribution in [-0.2, 0) is 42.9 Å². The lowest BCUT2D eigenvalue weighted by atomic mass is 9.48. The van der Waals surface area contributed by atoms with Crippen LogP contribution in [0.2, 0.25) is 0 Å². The average molecular weight is 801 g/mol. The van der Waals surface area contributed by atoms with Gasteiger partial charge in [-0.15, -0.1) is 0 Å². The second kappa shape index (κ2) is 14.7. The SMILES string of the molecule is CCC(C)(C)C(=O)OC12CC3CC(CC(CO)(C3)C1)C2.CCC(C)(C)C(=O)OC12CC3CC(CC(O)(C3)C1)C2.CCC(C)(C)C(=O)OC1C2CC3C(=O)OC1C3O2. The molecule has 2 N–H and O–H groups in total. The van der Waals surface area contributed by atoms with Crippen molar-refractivity contribution in [3.05, 3.63) is 0 Å². The van der Waals surface area contributed by atoms with Crippen molar-refractivity contribution >= 4 is 23.9 Å². The molecule has 10 bridgehead atoms. The summed E-state index contributed by atoms with van der Waals surface area (Å²) in [6, 6.07) is 0. The molecule has 9 atom stereocenters. The van der Waals surface area contributed by atoms with Gasteiger partial charge in [-0.1, -0.05) is 20.8 Å². The lowest BCUT2D eigenvalue weighted by molar-refractivity contribution is -0.225. The number of carbonyl (C=O) groups excluding carboxylic acids is 4. The van der Waals surface area contributed by atoms with E-state index in [1.807, 2.05) is 62.3 Å². The maximum atomic E-state index is 12.5. The van der Waals surface area contributed by atoms with Gasteiger partial charge in [0.2, 0.25) is 0 Å². The van der Waals surface area contributed by atoms with Gasteiger partial charge in [0, 0.05) is 13.0 Å². The Labute approximate surface area is 340 Å². The van der Waals surface area contributed by atoms with Gasteiger partial charge in [0.1, 0.15) is 17.3 Å². The van der Waals surface area contributed by atoms with Crippen molar-refractivity contribution in [2.24, 2.45) is 51.2 Å². The van der Waals surface area contributed by atoms with Crippen LogP contribution in [0.4, 0.5) is 0 Å². The topological polar surface area (TPSA) is 155 Å². The van der Waals surface area contributed by atoms with Gasteiger partial charge in [0.15, 0.2) is 12.2 Å². The summed E-state index contributed by atoms with van der Waals surface area (Å²) in [5.74, 6) is 1.70. The van der Waals surface area contributed by atoms with Gasteiger partial charge >= 0.3 is 23.9 Å². The van der Waals surface area contributed by atoms with E-state index < -0.39 is 34.1 Å². The quantitative estimate of drug-likeness (QED) is 0.168. The van der Waals surface area contributed by atoms with Crippen molar-refractivity contribution in [2.45, 2.75) is 206 Å². The Bertz CT molecular complexity index is 1550. The molecule has 3 saturated heterocycles. The van der Waals surface area contributed by atoms with Crippen LogP contribution in [0.3, 0.4) is 0 Å². The van der Waals surface area contributed by atoms with Gasteiger partial charge in [0.25, 0.3) is 0 Å². The Morgan fingerprint density at radius 3 is 1.58 bits per heavy atom. The number of rotatable bonds is 10. The smallest absolute Gasteiger partial charge is 0.312 e. The molecule has 0 aromatic rings. The second-order valence-corrected chi connectivity index (χ2v) is 22.4. The number of hydrogen-bond donors (Lipinski definition) is 2. The molecule has 11 aliphatic rings. The summed E-state index contributed by atoms with van der Waals surface area (Å²) < 4.78 is 28.5. The highest BCUT2D eigenvalue weighted by molar-refractivity contribution is 5.79. The van der Waals surface area contributed by atoms with Gasteiger partial charge < -0.3 is 33.9 Å². The van der Waals surface area contributed by atoms with E-state index in [-0.39, 0.29) is 65.2 Å². The normalized spacial score (nSPS) is 42.8. The first-order valence-corrected chi connectivity index (χ1v) is 22.4. The highest BCUT2D eigenvalue weighted by atomic mass is 16.7. The monoisotopic (exact) mass is 801 g/mol. The van der Waals surface area contributed by atoms with Crippen molar-refractivity contribution in [1.82, 2.24) is 0 Å². The van der Waals surface area contributed by atoms with Gasteiger partial charge in [0.05, 0.1) is 33.9 Å². The zero-order valence-electron chi connectivity index (χ0n) is 36.3. The van der Waals surface area contributed by atoms with Gasteiger partial charge in [-0.05, 0) is 167 Å². The number of aliphatic hydroxyl groups is 2. The van der Waals surface area contributed by atoms with Crippen molar-refractivity contribution in [3.63, 3.8) is 0 Å². The number of esters is 4.